The molecule has 0 amide bonds. The fourth-order valence-corrected chi connectivity index (χ4v) is 2.09. The van der Waals surface area contributed by atoms with Crippen molar-refractivity contribution in [2.45, 2.75) is 6.42 Å². The number of benzene rings is 2. The molecule has 0 unspecified atom stereocenters. The lowest BCUT2D eigenvalue weighted by Crippen LogP contribution is -2.06. The normalized spacial score (nSPS) is 10.4. The quantitative estimate of drug-likeness (QED) is 0.591. The summed E-state index contributed by atoms with van der Waals surface area (Å²) in [5.74, 6) is -0.847. The van der Waals surface area contributed by atoms with Gasteiger partial charge in [-0.05, 0) is 33.6 Å². The molecule has 0 fully saturated rings. The molecule has 0 N–H and O–H groups in total. The Kier molecular flexibility index (Phi) is 4.15. The van der Waals surface area contributed by atoms with E-state index in [0.717, 1.165) is 5.56 Å². The van der Waals surface area contributed by atoms with E-state index in [4.69, 9.17) is 11.6 Å². The van der Waals surface area contributed by atoms with Crippen LogP contribution in [-0.4, -0.2) is 5.78 Å². The molecule has 0 atom stereocenters. The predicted molar refractivity (Wildman–Crippen MR) is 73.6 cm³/mol. The molecule has 4 heteroatoms. The van der Waals surface area contributed by atoms with Gasteiger partial charge in [0.15, 0.2) is 5.78 Å². The molecule has 0 aliphatic heterocycles. The predicted octanol–water partition coefficient (Wildman–Crippen LogP) is 4.67. The van der Waals surface area contributed by atoms with Crippen molar-refractivity contribution in [1.82, 2.24) is 0 Å². The van der Waals surface area contributed by atoms with Crippen molar-refractivity contribution < 1.29 is 9.18 Å². The Morgan fingerprint density at radius 1 is 1.22 bits per heavy atom. The Morgan fingerprint density at radius 3 is 2.56 bits per heavy atom. The molecule has 0 saturated heterocycles. The van der Waals surface area contributed by atoms with Gasteiger partial charge in [-0.1, -0.05) is 41.9 Å². The van der Waals surface area contributed by atoms with Gasteiger partial charge in [0.2, 0.25) is 0 Å². The Labute approximate surface area is 118 Å². The lowest BCUT2D eigenvalue weighted by Gasteiger charge is -2.05. The summed E-state index contributed by atoms with van der Waals surface area (Å²) in [6.07, 6.45) is 0.162. The summed E-state index contributed by atoms with van der Waals surface area (Å²) < 4.78 is 14.1. The van der Waals surface area contributed by atoms with E-state index in [9.17, 15) is 9.18 Å². The SMILES string of the molecule is O=C(Cc1ccccc1)c1cc(Cl)c(Br)cc1F. The van der Waals surface area contributed by atoms with Crippen LogP contribution in [0.4, 0.5) is 4.39 Å². The molecular formula is C14H9BrClFO. The van der Waals surface area contributed by atoms with Crippen LogP contribution in [0.2, 0.25) is 5.02 Å². The zero-order valence-electron chi connectivity index (χ0n) is 9.29. The number of ketones is 1. The minimum atomic E-state index is -0.563. The van der Waals surface area contributed by atoms with E-state index in [0.29, 0.717) is 9.50 Å². The van der Waals surface area contributed by atoms with Crippen molar-refractivity contribution in [3.8, 4) is 0 Å². The number of carbonyl (C=O) groups is 1. The van der Waals surface area contributed by atoms with Gasteiger partial charge in [-0.15, -0.1) is 0 Å². The van der Waals surface area contributed by atoms with Crippen LogP contribution in [0, 0.1) is 5.82 Å². The molecule has 92 valence electrons. The molecule has 0 saturated carbocycles. The third-order valence-electron chi connectivity index (χ3n) is 2.52. The van der Waals surface area contributed by atoms with Gasteiger partial charge < -0.3 is 0 Å². The van der Waals surface area contributed by atoms with Crippen molar-refractivity contribution in [2.24, 2.45) is 0 Å². The van der Waals surface area contributed by atoms with Crippen LogP contribution in [0.5, 0.6) is 0 Å². The largest absolute Gasteiger partial charge is 0.294 e. The second-order valence-electron chi connectivity index (χ2n) is 3.83. The third kappa shape index (κ3) is 2.98. The van der Waals surface area contributed by atoms with E-state index in [1.165, 1.54) is 12.1 Å². The number of halogens is 3. The van der Waals surface area contributed by atoms with Gasteiger partial charge in [-0.2, -0.15) is 0 Å². The topological polar surface area (TPSA) is 17.1 Å². The van der Waals surface area contributed by atoms with Crippen molar-refractivity contribution in [1.29, 1.82) is 0 Å². The van der Waals surface area contributed by atoms with Gasteiger partial charge in [0.25, 0.3) is 0 Å². The molecule has 18 heavy (non-hydrogen) atoms. The highest BCUT2D eigenvalue weighted by Crippen LogP contribution is 2.26. The molecule has 0 aliphatic rings. The summed E-state index contributed by atoms with van der Waals surface area (Å²) in [5.41, 5.74) is 0.869. The second kappa shape index (κ2) is 5.63. The van der Waals surface area contributed by atoms with Gasteiger partial charge in [-0.25, -0.2) is 4.39 Å². The Hall–Kier alpha value is -1.19. The maximum Gasteiger partial charge on any atom is 0.170 e. The summed E-state index contributed by atoms with van der Waals surface area (Å²) in [5, 5.41) is 0.327. The molecule has 2 aromatic rings. The molecule has 0 aromatic heterocycles. The highest BCUT2D eigenvalue weighted by Gasteiger charge is 2.14. The Bertz CT molecular complexity index is 584. The summed E-state index contributed by atoms with van der Waals surface area (Å²) in [6, 6.07) is 11.8. The molecule has 2 aromatic carbocycles. The number of hydrogen-bond acceptors (Lipinski definition) is 1. The van der Waals surface area contributed by atoms with Crippen LogP contribution < -0.4 is 0 Å². The van der Waals surface area contributed by atoms with Crippen molar-refractivity contribution in [3.05, 3.63) is 68.9 Å². The first-order valence-electron chi connectivity index (χ1n) is 5.29. The third-order valence-corrected chi connectivity index (χ3v) is 3.71. The van der Waals surface area contributed by atoms with E-state index in [-0.39, 0.29) is 17.8 Å². The molecular weight excluding hydrogens is 319 g/mol. The molecule has 0 spiro atoms. The lowest BCUT2D eigenvalue weighted by atomic mass is 10.0. The number of carbonyl (C=O) groups excluding carboxylic acids is 1. The highest BCUT2D eigenvalue weighted by molar-refractivity contribution is 9.10. The van der Waals surface area contributed by atoms with E-state index in [1.807, 2.05) is 30.3 Å². The van der Waals surface area contributed by atoms with Gasteiger partial charge in [0.1, 0.15) is 5.82 Å². The van der Waals surface area contributed by atoms with Crippen LogP contribution in [0.3, 0.4) is 0 Å². The van der Waals surface area contributed by atoms with E-state index in [2.05, 4.69) is 15.9 Å². The molecule has 0 aliphatic carbocycles. The maximum absolute atomic E-state index is 13.7. The average molecular weight is 328 g/mol. The first-order chi connectivity index (χ1) is 8.58. The fourth-order valence-electron chi connectivity index (χ4n) is 1.61. The molecule has 2 rings (SSSR count). The van der Waals surface area contributed by atoms with Crippen LogP contribution in [-0.2, 0) is 6.42 Å². The van der Waals surface area contributed by atoms with E-state index in [1.54, 1.807) is 0 Å². The van der Waals surface area contributed by atoms with Gasteiger partial charge in [-0.3, -0.25) is 4.79 Å². The zero-order chi connectivity index (χ0) is 13.1. The molecule has 0 heterocycles. The average Bonchev–Trinajstić information content (AvgIpc) is 2.35. The minimum absolute atomic E-state index is 0.0204. The number of hydrogen-bond donors (Lipinski definition) is 0. The molecule has 0 bridgehead atoms. The first kappa shape index (κ1) is 13.2. The smallest absolute Gasteiger partial charge is 0.170 e. The summed E-state index contributed by atoms with van der Waals surface area (Å²) >= 11 is 8.98. The number of Topliss-reactive ketones (excluding diaryl/α,β-unsaturated/α-hetero) is 1. The zero-order valence-corrected chi connectivity index (χ0v) is 11.6. The first-order valence-corrected chi connectivity index (χ1v) is 6.46. The van der Waals surface area contributed by atoms with Crippen LogP contribution in [0.1, 0.15) is 15.9 Å². The summed E-state index contributed by atoms with van der Waals surface area (Å²) in [4.78, 5) is 12.0. The van der Waals surface area contributed by atoms with E-state index >= 15 is 0 Å². The Morgan fingerprint density at radius 2 is 1.89 bits per heavy atom. The van der Waals surface area contributed by atoms with E-state index < -0.39 is 5.82 Å². The van der Waals surface area contributed by atoms with Crippen LogP contribution in [0.15, 0.2) is 46.9 Å². The monoisotopic (exact) mass is 326 g/mol. The van der Waals surface area contributed by atoms with Crippen molar-refractivity contribution in [3.63, 3.8) is 0 Å². The minimum Gasteiger partial charge on any atom is -0.294 e. The van der Waals surface area contributed by atoms with Gasteiger partial charge in [0, 0.05) is 10.9 Å². The summed E-state index contributed by atoms with van der Waals surface area (Å²) in [6.45, 7) is 0. The van der Waals surface area contributed by atoms with Gasteiger partial charge in [0.05, 0.1) is 10.6 Å². The second-order valence-corrected chi connectivity index (χ2v) is 5.09. The molecule has 1 nitrogen and oxygen atoms in total. The standard InChI is InChI=1S/C14H9BrClFO/c15-11-8-13(17)10(7-12(11)16)14(18)6-9-4-2-1-3-5-9/h1-5,7-8H,6H2. The Balaban J connectivity index is 2.27. The maximum atomic E-state index is 13.7. The number of rotatable bonds is 3. The van der Waals surface area contributed by atoms with Crippen LogP contribution >= 0.6 is 27.5 Å². The summed E-state index contributed by atoms with van der Waals surface area (Å²) in [7, 11) is 0. The fraction of sp³-hybridized carbons (Fsp3) is 0.0714. The lowest BCUT2D eigenvalue weighted by molar-refractivity contribution is 0.0989. The van der Waals surface area contributed by atoms with Gasteiger partial charge >= 0.3 is 0 Å². The van der Waals surface area contributed by atoms with Crippen LogP contribution in [0.25, 0.3) is 0 Å². The highest BCUT2D eigenvalue weighted by atomic mass is 79.9. The van der Waals surface area contributed by atoms with Crippen molar-refractivity contribution in [2.75, 3.05) is 0 Å². The molecule has 0 radical (unpaired) electrons. The van der Waals surface area contributed by atoms with Crippen molar-refractivity contribution >= 4 is 33.3 Å².